The molecular weight excluding hydrogens is 390 g/mol. The Morgan fingerprint density at radius 2 is 1.79 bits per heavy atom. The second-order valence-electron chi connectivity index (χ2n) is 7.36. The highest BCUT2D eigenvalue weighted by Crippen LogP contribution is 2.24. The number of amides is 1. The lowest BCUT2D eigenvalue weighted by molar-refractivity contribution is -0.117. The number of hydrogen-bond donors (Lipinski definition) is 1. The third-order valence-corrected chi connectivity index (χ3v) is 7.56. The zero-order valence-electron chi connectivity index (χ0n) is 17.5. The van der Waals surface area contributed by atoms with Crippen LogP contribution in [0.1, 0.15) is 23.9 Å². The Labute approximate surface area is 172 Å². The number of aryl methyl sites for hydroxylation is 3. The number of hydrogen-bond acceptors (Lipinski definition) is 5. The van der Waals surface area contributed by atoms with Crippen LogP contribution in [0.5, 0.6) is 0 Å². The van der Waals surface area contributed by atoms with Gasteiger partial charge in [-0.05, 0) is 31.9 Å². The van der Waals surface area contributed by atoms with E-state index in [1.807, 2.05) is 29.2 Å². The van der Waals surface area contributed by atoms with Crippen LogP contribution >= 0.6 is 0 Å². The summed E-state index contributed by atoms with van der Waals surface area (Å²) in [6.07, 6.45) is 0.847. The zero-order chi connectivity index (χ0) is 21.2. The second-order valence-corrected chi connectivity index (χ2v) is 9.24. The first-order valence-electron chi connectivity index (χ1n) is 9.84. The summed E-state index contributed by atoms with van der Waals surface area (Å²) in [5.41, 5.74) is 3.09. The molecule has 1 N–H and O–H groups in total. The van der Waals surface area contributed by atoms with Gasteiger partial charge in [0.1, 0.15) is 4.90 Å². The highest BCUT2D eigenvalue weighted by molar-refractivity contribution is 7.89. The maximum Gasteiger partial charge on any atom is 0.246 e. The van der Waals surface area contributed by atoms with Crippen molar-refractivity contribution in [3.63, 3.8) is 0 Å². The Hall–Kier alpha value is -2.23. The molecule has 1 amide bonds. The van der Waals surface area contributed by atoms with Crippen molar-refractivity contribution in [2.75, 3.05) is 38.0 Å². The molecule has 0 aliphatic carbocycles. The van der Waals surface area contributed by atoms with Crippen LogP contribution in [0.4, 0.5) is 5.69 Å². The lowest BCUT2D eigenvalue weighted by Crippen LogP contribution is -2.50. The second kappa shape index (κ2) is 8.64. The molecule has 2 heterocycles. The highest BCUT2D eigenvalue weighted by atomic mass is 32.2. The predicted octanol–water partition coefficient (Wildman–Crippen LogP) is 1.54. The molecule has 3 rings (SSSR count). The summed E-state index contributed by atoms with van der Waals surface area (Å²) in [6, 6.07) is 7.77. The van der Waals surface area contributed by atoms with Crippen molar-refractivity contribution in [3.8, 4) is 0 Å². The lowest BCUT2D eigenvalue weighted by Gasteiger charge is -2.33. The van der Waals surface area contributed by atoms with Crippen molar-refractivity contribution in [2.45, 2.75) is 32.1 Å². The van der Waals surface area contributed by atoms with E-state index in [0.717, 1.165) is 17.7 Å². The smallest absolute Gasteiger partial charge is 0.246 e. The van der Waals surface area contributed by atoms with Crippen molar-refractivity contribution >= 4 is 21.6 Å². The van der Waals surface area contributed by atoms with Crippen LogP contribution in [0.15, 0.2) is 29.2 Å². The van der Waals surface area contributed by atoms with Crippen LogP contribution in [0.3, 0.4) is 0 Å². The Kier molecular flexibility index (Phi) is 6.40. The molecule has 0 spiro atoms. The molecule has 158 valence electrons. The van der Waals surface area contributed by atoms with E-state index in [-0.39, 0.29) is 12.5 Å². The van der Waals surface area contributed by atoms with E-state index in [1.165, 1.54) is 4.31 Å². The Morgan fingerprint density at radius 1 is 1.14 bits per heavy atom. The van der Waals surface area contributed by atoms with E-state index in [4.69, 9.17) is 0 Å². The van der Waals surface area contributed by atoms with Crippen molar-refractivity contribution in [3.05, 3.63) is 41.2 Å². The van der Waals surface area contributed by atoms with E-state index >= 15 is 0 Å². The van der Waals surface area contributed by atoms with Gasteiger partial charge >= 0.3 is 0 Å². The first kappa shape index (κ1) is 21.5. The lowest BCUT2D eigenvalue weighted by atomic mass is 10.1. The molecule has 1 aromatic heterocycles. The molecule has 9 heteroatoms. The maximum absolute atomic E-state index is 13.1. The van der Waals surface area contributed by atoms with Gasteiger partial charge < -0.3 is 5.32 Å². The molecule has 2 aromatic rings. The zero-order valence-corrected chi connectivity index (χ0v) is 18.3. The first-order chi connectivity index (χ1) is 13.7. The van der Waals surface area contributed by atoms with Crippen LogP contribution in [0.25, 0.3) is 0 Å². The monoisotopic (exact) mass is 419 g/mol. The third-order valence-electron chi connectivity index (χ3n) is 5.41. The summed E-state index contributed by atoms with van der Waals surface area (Å²) in [7, 11) is -1.84. The average molecular weight is 420 g/mol. The quantitative estimate of drug-likeness (QED) is 0.768. The molecule has 0 unspecified atom stereocenters. The normalized spacial score (nSPS) is 16.1. The minimum Gasteiger partial charge on any atom is -0.325 e. The number of sulfonamides is 1. The van der Waals surface area contributed by atoms with Crippen LogP contribution < -0.4 is 5.32 Å². The summed E-state index contributed by atoms with van der Waals surface area (Å²) < 4.78 is 29.2. The number of para-hydroxylation sites is 1. The van der Waals surface area contributed by atoms with Crippen LogP contribution in [0, 0.1) is 13.8 Å². The molecule has 1 aliphatic heterocycles. The van der Waals surface area contributed by atoms with E-state index in [9.17, 15) is 13.2 Å². The molecule has 1 aliphatic rings. The third kappa shape index (κ3) is 4.52. The summed E-state index contributed by atoms with van der Waals surface area (Å²) in [6.45, 7) is 7.52. The fourth-order valence-electron chi connectivity index (χ4n) is 3.73. The topological polar surface area (TPSA) is 87.5 Å². The largest absolute Gasteiger partial charge is 0.325 e. The summed E-state index contributed by atoms with van der Waals surface area (Å²) >= 11 is 0. The van der Waals surface area contributed by atoms with E-state index in [0.29, 0.717) is 42.5 Å². The molecule has 0 radical (unpaired) electrons. The SMILES string of the molecule is CCc1ccccc1NC(=O)CN1CCN(S(=O)(=O)c2c(C)nn(C)c2C)CC1. The van der Waals surface area contributed by atoms with E-state index in [2.05, 4.69) is 17.3 Å². The number of carbonyl (C=O) groups is 1. The van der Waals surface area contributed by atoms with Crippen LogP contribution in [0.2, 0.25) is 0 Å². The number of aromatic nitrogens is 2. The van der Waals surface area contributed by atoms with Gasteiger partial charge in [0.2, 0.25) is 15.9 Å². The van der Waals surface area contributed by atoms with Gasteiger partial charge in [0, 0.05) is 38.9 Å². The van der Waals surface area contributed by atoms with Gasteiger partial charge in [-0.15, -0.1) is 0 Å². The number of nitrogens with zero attached hydrogens (tertiary/aromatic N) is 4. The van der Waals surface area contributed by atoms with Gasteiger partial charge in [-0.1, -0.05) is 25.1 Å². The molecule has 0 saturated carbocycles. The summed E-state index contributed by atoms with van der Waals surface area (Å²) in [5, 5.41) is 7.20. The molecule has 8 nitrogen and oxygen atoms in total. The van der Waals surface area contributed by atoms with Gasteiger partial charge in [-0.2, -0.15) is 9.40 Å². The number of nitrogens with one attached hydrogen (secondary N) is 1. The number of carbonyl (C=O) groups excluding carboxylic acids is 1. The molecule has 0 atom stereocenters. The fourth-order valence-corrected chi connectivity index (χ4v) is 5.55. The maximum atomic E-state index is 13.1. The molecule has 29 heavy (non-hydrogen) atoms. The van der Waals surface area contributed by atoms with Crippen LogP contribution in [-0.2, 0) is 28.3 Å². The average Bonchev–Trinajstić information content (AvgIpc) is 2.94. The van der Waals surface area contributed by atoms with Crippen molar-refractivity contribution < 1.29 is 13.2 Å². The van der Waals surface area contributed by atoms with Gasteiger partial charge in [0.15, 0.2) is 0 Å². The van der Waals surface area contributed by atoms with Crippen molar-refractivity contribution in [1.29, 1.82) is 0 Å². The fraction of sp³-hybridized carbons (Fsp3) is 0.500. The van der Waals surface area contributed by atoms with Gasteiger partial charge in [-0.25, -0.2) is 8.42 Å². The van der Waals surface area contributed by atoms with Crippen molar-refractivity contribution in [1.82, 2.24) is 19.0 Å². The minimum absolute atomic E-state index is 0.0823. The molecule has 1 saturated heterocycles. The summed E-state index contributed by atoms with van der Waals surface area (Å²) in [4.78, 5) is 14.7. The number of piperazine rings is 1. The van der Waals surface area contributed by atoms with Gasteiger partial charge in [-0.3, -0.25) is 14.4 Å². The standard InChI is InChI=1S/C20H29N5O3S/c1-5-17-8-6-7-9-18(17)21-19(26)14-24-10-12-25(13-11-24)29(27,28)20-15(2)22-23(4)16(20)3/h6-9H,5,10-14H2,1-4H3,(H,21,26). The van der Waals surface area contributed by atoms with Crippen molar-refractivity contribution in [2.24, 2.45) is 7.05 Å². The van der Waals surface area contributed by atoms with Gasteiger partial charge in [0.25, 0.3) is 0 Å². The van der Waals surface area contributed by atoms with Gasteiger partial charge in [0.05, 0.1) is 17.9 Å². The highest BCUT2D eigenvalue weighted by Gasteiger charge is 2.33. The molecule has 1 fully saturated rings. The number of anilines is 1. The van der Waals surface area contributed by atoms with E-state index in [1.54, 1.807) is 25.6 Å². The molecule has 0 bridgehead atoms. The Balaban J connectivity index is 1.60. The molecule has 1 aromatic carbocycles. The van der Waals surface area contributed by atoms with Crippen LogP contribution in [-0.4, -0.2) is 66.0 Å². The number of rotatable bonds is 6. The Bertz CT molecular complexity index is 992. The number of benzene rings is 1. The summed E-state index contributed by atoms with van der Waals surface area (Å²) in [5.74, 6) is -0.0823. The minimum atomic E-state index is -3.59. The predicted molar refractivity (Wildman–Crippen MR) is 112 cm³/mol. The van der Waals surface area contributed by atoms with E-state index < -0.39 is 10.0 Å². The molecular formula is C20H29N5O3S. The Morgan fingerprint density at radius 3 is 2.38 bits per heavy atom. The first-order valence-corrected chi connectivity index (χ1v) is 11.3.